The Kier molecular flexibility index (Phi) is 3.39. The highest BCUT2D eigenvalue weighted by atomic mass is 15.2. The van der Waals surface area contributed by atoms with Crippen LogP contribution in [0.3, 0.4) is 0 Å². The fourth-order valence-electron chi connectivity index (χ4n) is 2.08. The summed E-state index contributed by atoms with van der Waals surface area (Å²) in [5, 5.41) is 0. The lowest BCUT2D eigenvalue weighted by Gasteiger charge is -2.33. The summed E-state index contributed by atoms with van der Waals surface area (Å²) in [6, 6.07) is 8.66. The van der Waals surface area contributed by atoms with E-state index in [1.54, 1.807) is 0 Å². The van der Waals surface area contributed by atoms with Gasteiger partial charge in [-0.3, -0.25) is 0 Å². The van der Waals surface area contributed by atoms with Gasteiger partial charge in [-0.15, -0.1) is 0 Å². The topological polar surface area (TPSA) is 29.3 Å². The summed E-state index contributed by atoms with van der Waals surface area (Å²) >= 11 is 0. The fraction of sp³-hybridized carbons (Fsp3) is 0.538. The number of hydrogen-bond acceptors (Lipinski definition) is 2. The van der Waals surface area contributed by atoms with E-state index in [-0.39, 0.29) is 0 Å². The highest BCUT2D eigenvalue weighted by Gasteiger charge is 2.17. The van der Waals surface area contributed by atoms with Crippen molar-refractivity contribution in [2.24, 2.45) is 5.73 Å². The summed E-state index contributed by atoms with van der Waals surface area (Å²) in [5.41, 5.74) is 8.31. The molecule has 0 aliphatic carbocycles. The molecule has 0 saturated carbocycles. The molecule has 0 radical (unpaired) electrons. The first-order valence-electron chi connectivity index (χ1n) is 5.81. The van der Waals surface area contributed by atoms with Crippen LogP contribution >= 0.6 is 0 Å². The highest BCUT2D eigenvalue weighted by Crippen LogP contribution is 2.20. The summed E-state index contributed by atoms with van der Waals surface area (Å²) in [6.45, 7) is 6.69. The summed E-state index contributed by atoms with van der Waals surface area (Å²) in [7, 11) is 0. The minimum absolute atomic E-state index is 0.622. The highest BCUT2D eigenvalue weighted by molar-refractivity contribution is 5.26. The minimum Gasteiger partial charge on any atom is -0.326 e. The second kappa shape index (κ2) is 4.77. The van der Waals surface area contributed by atoms with Crippen LogP contribution in [0.5, 0.6) is 0 Å². The van der Waals surface area contributed by atoms with E-state index in [1.807, 2.05) is 0 Å². The zero-order valence-corrected chi connectivity index (χ0v) is 9.45. The van der Waals surface area contributed by atoms with Gasteiger partial charge in [-0.05, 0) is 36.6 Å². The maximum Gasteiger partial charge on any atom is 0.0178 e. The predicted molar refractivity (Wildman–Crippen MR) is 63.8 cm³/mol. The van der Waals surface area contributed by atoms with E-state index in [9.17, 15) is 0 Å². The molecule has 2 N–H and O–H groups in total. The quantitative estimate of drug-likeness (QED) is 0.812. The van der Waals surface area contributed by atoms with Crippen molar-refractivity contribution in [3.05, 3.63) is 35.4 Å². The van der Waals surface area contributed by atoms with E-state index >= 15 is 0 Å². The SMILES string of the molecule is CC(CN1CCC1)c1cccc(CN)c1. The lowest BCUT2D eigenvalue weighted by Crippen LogP contribution is -2.39. The maximum atomic E-state index is 5.65. The molecule has 2 rings (SSSR count). The van der Waals surface area contributed by atoms with Crippen LogP contribution in [0.15, 0.2) is 24.3 Å². The van der Waals surface area contributed by atoms with Crippen molar-refractivity contribution >= 4 is 0 Å². The molecule has 2 heteroatoms. The number of likely N-dealkylation sites (tertiary alicyclic amines) is 1. The molecule has 82 valence electrons. The van der Waals surface area contributed by atoms with Crippen LogP contribution in [0.2, 0.25) is 0 Å². The molecule has 1 saturated heterocycles. The van der Waals surface area contributed by atoms with Gasteiger partial charge < -0.3 is 10.6 Å². The second-order valence-electron chi connectivity index (χ2n) is 4.50. The molecule has 1 aromatic rings. The van der Waals surface area contributed by atoms with Crippen LogP contribution in [0.25, 0.3) is 0 Å². The lowest BCUT2D eigenvalue weighted by molar-refractivity contribution is 0.172. The van der Waals surface area contributed by atoms with Crippen LogP contribution in [0, 0.1) is 0 Å². The van der Waals surface area contributed by atoms with Crippen molar-refractivity contribution in [1.82, 2.24) is 4.90 Å². The Balaban J connectivity index is 1.99. The first-order chi connectivity index (χ1) is 7.29. The third-order valence-corrected chi connectivity index (χ3v) is 3.24. The molecule has 1 aliphatic heterocycles. The summed E-state index contributed by atoms with van der Waals surface area (Å²) < 4.78 is 0. The fourth-order valence-corrected chi connectivity index (χ4v) is 2.08. The predicted octanol–water partition coefficient (Wildman–Crippen LogP) is 1.95. The van der Waals surface area contributed by atoms with E-state index in [0.717, 1.165) is 0 Å². The molecule has 15 heavy (non-hydrogen) atoms. The van der Waals surface area contributed by atoms with Crippen molar-refractivity contribution < 1.29 is 0 Å². The smallest absolute Gasteiger partial charge is 0.0178 e. The van der Waals surface area contributed by atoms with Crippen LogP contribution in [0.1, 0.15) is 30.4 Å². The molecular weight excluding hydrogens is 184 g/mol. The first kappa shape index (κ1) is 10.7. The number of benzene rings is 1. The van der Waals surface area contributed by atoms with Crippen molar-refractivity contribution in [3.8, 4) is 0 Å². The van der Waals surface area contributed by atoms with Gasteiger partial charge in [0.25, 0.3) is 0 Å². The van der Waals surface area contributed by atoms with Gasteiger partial charge in [0.2, 0.25) is 0 Å². The summed E-state index contributed by atoms with van der Waals surface area (Å²) in [6.07, 6.45) is 1.37. The largest absolute Gasteiger partial charge is 0.326 e. The maximum absolute atomic E-state index is 5.65. The van der Waals surface area contributed by atoms with Gasteiger partial charge in [0.05, 0.1) is 0 Å². The molecule has 0 bridgehead atoms. The average Bonchev–Trinajstić information content (AvgIpc) is 2.23. The molecule has 1 unspecified atom stereocenters. The van der Waals surface area contributed by atoms with E-state index in [2.05, 4.69) is 36.1 Å². The third-order valence-electron chi connectivity index (χ3n) is 3.24. The van der Waals surface area contributed by atoms with Crippen LogP contribution in [-0.4, -0.2) is 24.5 Å². The normalized spacial score (nSPS) is 18.5. The lowest BCUT2D eigenvalue weighted by atomic mass is 9.97. The van der Waals surface area contributed by atoms with Gasteiger partial charge in [-0.1, -0.05) is 31.2 Å². The van der Waals surface area contributed by atoms with Crippen molar-refractivity contribution in [2.45, 2.75) is 25.8 Å². The zero-order chi connectivity index (χ0) is 10.7. The Morgan fingerprint density at radius 1 is 1.40 bits per heavy atom. The molecule has 1 atom stereocenters. The van der Waals surface area contributed by atoms with E-state index in [4.69, 9.17) is 5.73 Å². The summed E-state index contributed by atoms with van der Waals surface area (Å²) in [5.74, 6) is 0.622. The van der Waals surface area contributed by atoms with Crippen molar-refractivity contribution in [3.63, 3.8) is 0 Å². The zero-order valence-electron chi connectivity index (χ0n) is 9.45. The van der Waals surface area contributed by atoms with Crippen LogP contribution in [-0.2, 0) is 6.54 Å². The standard InChI is InChI=1S/C13H20N2/c1-11(10-15-6-3-7-15)13-5-2-4-12(8-13)9-14/h2,4-5,8,11H,3,6-7,9-10,14H2,1H3. The monoisotopic (exact) mass is 204 g/mol. The molecule has 1 fully saturated rings. The number of hydrogen-bond donors (Lipinski definition) is 1. The first-order valence-corrected chi connectivity index (χ1v) is 5.81. The molecule has 1 aliphatic rings. The van der Waals surface area contributed by atoms with E-state index < -0.39 is 0 Å². The average molecular weight is 204 g/mol. The third kappa shape index (κ3) is 2.58. The van der Waals surface area contributed by atoms with E-state index in [1.165, 1.54) is 37.2 Å². The molecule has 1 heterocycles. The molecule has 0 aromatic heterocycles. The van der Waals surface area contributed by atoms with Crippen molar-refractivity contribution in [2.75, 3.05) is 19.6 Å². The van der Waals surface area contributed by atoms with Gasteiger partial charge in [0, 0.05) is 13.1 Å². The van der Waals surface area contributed by atoms with Gasteiger partial charge in [0.15, 0.2) is 0 Å². The van der Waals surface area contributed by atoms with Crippen LogP contribution < -0.4 is 5.73 Å². The molecule has 1 aromatic carbocycles. The van der Waals surface area contributed by atoms with Gasteiger partial charge in [-0.2, -0.15) is 0 Å². The number of nitrogens with zero attached hydrogens (tertiary/aromatic N) is 1. The molecule has 0 amide bonds. The van der Waals surface area contributed by atoms with Gasteiger partial charge in [-0.25, -0.2) is 0 Å². The number of rotatable bonds is 4. The Morgan fingerprint density at radius 2 is 2.20 bits per heavy atom. The second-order valence-corrected chi connectivity index (χ2v) is 4.50. The molecule has 2 nitrogen and oxygen atoms in total. The molecular formula is C13H20N2. The Bertz CT molecular complexity index is 318. The van der Waals surface area contributed by atoms with E-state index in [0.29, 0.717) is 12.5 Å². The minimum atomic E-state index is 0.622. The Labute approximate surface area is 92.1 Å². The van der Waals surface area contributed by atoms with Crippen molar-refractivity contribution in [1.29, 1.82) is 0 Å². The van der Waals surface area contributed by atoms with Gasteiger partial charge in [0.1, 0.15) is 0 Å². The number of nitrogens with two attached hydrogens (primary N) is 1. The summed E-state index contributed by atoms with van der Waals surface area (Å²) in [4.78, 5) is 2.51. The van der Waals surface area contributed by atoms with Crippen LogP contribution in [0.4, 0.5) is 0 Å². The molecule has 0 spiro atoms. The Hall–Kier alpha value is -0.860. The Morgan fingerprint density at radius 3 is 2.80 bits per heavy atom. The van der Waals surface area contributed by atoms with Gasteiger partial charge >= 0.3 is 0 Å².